The Morgan fingerprint density at radius 2 is 1.86 bits per heavy atom. The van der Waals surface area contributed by atoms with E-state index >= 15 is 0 Å². The van der Waals surface area contributed by atoms with Crippen molar-refractivity contribution in [1.82, 2.24) is 14.8 Å². The quantitative estimate of drug-likeness (QED) is 0.833. The summed E-state index contributed by atoms with van der Waals surface area (Å²) in [6, 6.07) is 11.7. The van der Waals surface area contributed by atoms with Crippen molar-refractivity contribution in [2.75, 3.05) is 20.2 Å². The molecule has 0 bridgehead atoms. The molecule has 0 saturated carbocycles. The first-order valence-electron chi connectivity index (χ1n) is 9.62. The number of benzene rings is 1. The summed E-state index contributed by atoms with van der Waals surface area (Å²) in [6.07, 6.45) is 3.99. The van der Waals surface area contributed by atoms with Crippen molar-refractivity contribution in [3.63, 3.8) is 0 Å². The number of nitrogens with zero attached hydrogens (tertiary/aromatic N) is 3. The Labute approximate surface area is 165 Å². The molecule has 1 aliphatic heterocycles. The number of pyridine rings is 1. The maximum Gasteiger partial charge on any atom is 0.222 e. The largest absolute Gasteiger partial charge is 0.394 e. The van der Waals surface area contributed by atoms with Crippen molar-refractivity contribution in [2.45, 2.75) is 38.3 Å². The molecule has 1 N–H and O–H groups in total. The maximum absolute atomic E-state index is 12.1. The number of carbonyl (C=O) groups is 2. The highest BCUT2D eigenvalue weighted by Crippen LogP contribution is 2.41. The molecule has 2 heterocycles. The van der Waals surface area contributed by atoms with Crippen molar-refractivity contribution < 1.29 is 14.7 Å². The second kappa shape index (κ2) is 8.52. The number of hydrogen-bond donors (Lipinski definition) is 1. The number of carbonyl (C=O) groups excluding carboxylic acids is 2. The Morgan fingerprint density at radius 3 is 2.39 bits per heavy atom. The molecule has 0 aliphatic carbocycles. The summed E-state index contributed by atoms with van der Waals surface area (Å²) in [5.41, 5.74) is 3.16. The molecular formula is C22H27N3O3. The predicted molar refractivity (Wildman–Crippen MR) is 108 cm³/mol. The van der Waals surface area contributed by atoms with E-state index in [9.17, 15) is 14.7 Å². The molecule has 1 aliphatic rings. The predicted octanol–water partition coefficient (Wildman–Crippen LogP) is 2.29. The number of aromatic nitrogens is 1. The molecule has 3 rings (SSSR count). The zero-order chi connectivity index (χ0) is 20.3. The molecule has 1 saturated heterocycles. The second-order valence-electron chi connectivity index (χ2n) is 7.26. The molecule has 0 radical (unpaired) electrons. The van der Waals surface area contributed by atoms with E-state index in [2.05, 4.69) is 4.98 Å². The molecule has 28 heavy (non-hydrogen) atoms. The summed E-state index contributed by atoms with van der Waals surface area (Å²) in [6.45, 7) is 3.70. The van der Waals surface area contributed by atoms with Gasteiger partial charge in [0.15, 0.2) is 0 Å². The van der Waals surface area contributed by atoms with Crippen LogP contribution >= 0.6 is 0 Å². The van der Waals surface area contributed by atoms with Crippen LogP contribution in [0.3, 0.4) is 0 Å². The van der Waals surface area contributed by atoms with Gasteiger partial charge in [-0.15, -0.1) is 0 Å². The van der Waals surface area contributed by atoms with Crippen molar-refractivity contribution in [2.24, 2.45) is 0 Å². The number of likely N-dealkylation sites (N-methyl/N-ethyl adjacent to an activating group) is 1. The lowest BCUT2D eigenvalue weighted by Crippen LogP contribution is -2.68. The number of rotatable bonds is 6. The third kappa shape index (κ3) is 3.78. The normalized spacial score (nSPS) is 21.1. The van der Waals surface area contributed by atoms with Crippen LogP contribution in [0.25, 0.3) is 11.1 Å². The van der Waals surface area contributed by atoms with E-state index in [4.69, 9.17) is 0 Å². The zero-order valence-electron chi connectivity index (χ0n) is 16.6. The molecular weight excluding hydrogens is 354 g/mol. The van der Waals surface area contributed by atoms with Crippen LogP contribution in [0.15, 0.2) is 48.8 Å². The minimum Gasteiger partial charge on any atom is -0.394 e. The maximum atomic E-state index is 12.1. The van der Waals surface area contributed by atoms with E-state index < -0.39 is 0 Å². The molecule has 3 atom stereocenters. The summed E-state index contributed by atoms with van der Waals surface area (Å²) in [4.78, 5) is 31.7. The first-order chi connectivity index (χ1) is 13.5. The summed E-state index contributed by atoms with van der Waals surface area (Å²) in [7, 11) is 1.76. The smallest absolute Gasteiger partial charge is 0.222 e. The molecule has 6 heteroatoms. The Kier molecular flexibility index (Phi) is 6.09. The molecule has 0 spiro atoms. The van der Waals surface area contributed by atoms with Gasteiger partial charge in [-0.05, 0) is 22.8 Å². The summed E-state index contributed by atoms with van der Waals surface area (Å²) in [5, 5.41) is 9.89. The van der Waals surface area contributed by atoms with E-state index in [-0.39, 0.29) is 36.4 Å². The third-order valence-corrected chi connectivity index (χ3v) is 5.57. The van der Waals surface area contributed by atoms with Gasteiger partial charge in [-0.2, -0.15) is 0 Å². The van der Waals surface area contributed by atoms with Gasteiger partial charge in [0.1, 0.15) is 0 Å². The minimum atomic E-state index is -0.267. The standard InChI is InChI=1S/C22H27N3O3/c1-4-21(28)24(3)13-19-22(20(14-26)25(19)15(2)27)17-9-7-16(8-10-17)18-6-5-11-23-12-18/h5-12,19-20,22,26H,4,13-14H2,1-3H3/t19-,20+,22-/m1/s1. The van der Waals surface area contributed by atoms with Gasteiger partial charge >= 0.3 is 0 Å². The SMILES string of the molecule is CCC(=O)N(C)C[C@@H]1[C@@H](c2ccc(-c3cccnc3)cc2)[C@H](CO)N1C(C)=O. The highest BCUT2D eigenvalue weighted by Gasteiger charge is 2.50. The van der Waals surface area contributed by atoms with E-state index in [1.54, 1.807) is 23.0 Å². The van der Waals surface area contributed by atoms with Crippen LogP contribution in [-0.4, -0.2) is 64.0 Å². The number of amides is 2. The fraction of sp³-hybridized carbons (Fsp3) is 0.409. The fourth-order valence-electron chi connectivity index (χ4n) is 4.14. The summed E-state index contributed by atoms with van der Waals surface area (Å²) < 4.78 is 0. The van der Waals surface area contributed by atoms with Crippen LogP contribution in [0.2, 0.25) is 0 Å². The molecule has 148 valence electrons. The van der Waals surface area contributed by atoms with Crippen molar-refractivity contribution in [3.05, 3.63) is 54.4 Å². The van der Waals surface area contributed by atoms with E-state index in [0.29, 0.717) is 13.0 Å². The molecule has 6 nitrogen and oxygen atoms in total. The Bertz CT molecular complexity index is 823. The first-order valence-corrected chi connectivity index (χ1v) is 9.62. The Morgan fingerprint density at radius 1 is 1.14 bits per heavy atom. The zero-order valence-corrected chi connectivity index (χ0v) is 16.6. The van der Waals surface area contributed by atoms with E-state index in [1.165, 1.54) is 6.92 Å². The number of likely N-dealkylation sites (tertiary alicyclic amines) is 1. The summed E-state index contributed by atoms with van der Waals surface area (Å²) >= 11 is 0. The topological polar surface area (TPSA) is 73.7 Å². The van der Waals surface area contributed by atoms with Crippen molar-refractivity contribution in [3.8, 4) is 11.1 Å². The molecule has 1 fully saturated rings. The molecule has 1 aromatic heterocycles. The summed E-state index contributed by atoms with van der Waals surface area (Å²) in [5.74, 6) is -0.0461. The first kappa shape index (κ1) is 20.0. The molecule has 2 amide bonds. The van der Waals surface area contributed by atoms with Gasteiger partial charge in [0.2, 0.25) is 11.8 Å². The Hall–Kier alpha value is -2.73. The van der Waals surface area contributed by atoms with Crippen molar-refractivity contribution in [1.29, 1.82) is 0 Å². The average Bonchev–Trinajstić information content (AvgIpc) is 2.70. The lowest BCUT2D eigenvalue weighted by atomic mass is 9.74. The molecule has 0 unspecified atom stereocenters. The lowest BCUT2D eigenvalue weighted by molar-refractivity contribution is -0.151. The van der Waals surface area contributed by atoms with Crippen molar-refractivity contribution >= 4 is 11.8 Å². The van der Waals surface area contributed by atoms with Gasteiger partial charge in [0.05, 0.1) is 18.7 Å². The average molecular weight is 381 g/mol. The van der Waals surface area contributed by atoms with Crippen LogP contribution < -0.4 is 0 Å². The van der Waals surface area contributed by atoms with Gasteiger partial charge in [-0.1, -0.05) is 37.3 Å². The highest BCUT2D eigenvalue weighted by molar-refractivity contribution is 5.77. The van der Waals surface area contributed by atoms with Gasteiger partial charge in [0.25, 0.3) is 0 Å². The van der Waals surface area contributed by atoms with E-state index in [0.717, 1.165) is 16.7 Å². The van der Waals surface area contributed by atoms with Gasteiger partial charge in [0, 0.05) is 45.2 Å². The second-order valence-corrected chi connectivity index (χ2v) is 7.26. The number of aliphatic hydroxyl groups excluding tert-OH is 1. The van der Waals surface area contributed by atoms with Crippen LogP contribution in [0.4, 0.5) is 0 Å². The monoisotopic (exact) mass is 381 g/mol. The van der Waals surface area contributed by atoms with Gasteiger partial charge in [-0.3, -0.25) is 14.6 Å². The highest BCUT2D eigenvalue weighted by atomic mass is 16.3. The van der Waals surface area contributed by atoms with Crippen LogP contribution in [0, 0.1) is 0 Å². The molecule has 1 aromatic carbocycles. The van der Waals surface area contributed by atoms with E-state index in [1.807, 2.05) is 49.5 Å². The van der Waals surface area contributed by atoms with Gasteiger partial charge < -0.3 is 14.9 Å². The van der Waals surface area contributed by atoms with Crippen LogP contribution in [0.1, 0.15) is 31.7 Å². The molecule has 2 aromatic rings. The van der Waals surface area contributed by atoms with Crippen LogP contribution in [-0.2, 0) is 9.59 Å². The number of aliphatic hydroxyl groups is 1. The minimum absolute atomic E-state index is 0.0102. The third-order valence-electron chi connectivity index (χ3n) is 5.57. The van der Waals surface area contributed by atoms with Gasteiger partial charge in [-0.25, -0.2) is 0 Å². The lowest BCUT2D eigenvalue weighted by Gasteiger charge is -2.55. The number of hydrogen-bond acceptors (Lipinski definition) is 4. The van der Waals surface area contributed by atoms with Crippen LogP contribution in [0.5, 0.6) is 0 Å². The Balaban J connectivity index is 1.86. The fourth-order valence-corrected chi connectivity index (χ4v) is 4.14.